The molecule has 0 unspecified atom stereocenters. The molecule has 0 bridgehead atoms. The van der Waals surface area contributed by atoms with Crippen molar-refractivity contribution >= 4 is 34.5 Å². The van der Waals surface area contributed by atoms with Gasteiger partial charge in [-0.05, 0) is 49.7 Å². The predicted molar refractivity (Wildman–Crippen MR) is 102 cm³/mol. The largest absolute Gasteiger partial charge is 0.310 e. The highest BCUT2D eigenvalue weighted by Crippen LogP contribution is 2.24. The van der Waals surface area contributed by atoms with Crippen molar-refractivity contribution in [3.05, 3.63) is 68.9 Å². The lowest BCUT2D eigenvalue weighted by Gasteiger charge is -2.05. The summed E-state index contributed by atoms with van der Waals surface area (Å²) in [4.78, 5) is 10.1. The van der Waals surface area contributed by atoms with Crippen LogP contribution in [0.1, 0.15) is 16.3 Å². The van der Waals surface area contributed by atoms with Crippen molar-refractivity contribution in [3.8, 4) is 10.6 Å². The van der Waals surface area contributed by atoms with Crippen LogP contribution in [0.15, 0.2) is 42.6 Å². The summed E-state index contributed by atoms with van der Waals surface area (Å²) in [5.74, 6) is 0. The number of rotatable bonds is 6. The van der Waals surface area contributed by atoms with E-state index in [1.807, 2.05) is 43.5 Å². The van der Waals surface area contributed by atoms with Gasteiger partial charge in [0.2, 0.25) is 0 Å². The van der Waals surface area contributed by atoms with E-state index < -0.39 is 0 Å². The molecule has 1 aromatic carbocycles. The molecule has 0 atom stereocenters. The van der Waals surface area contributed by atoms with Crippen molar-refractivity contribution < 1.29 is 0 Å². The number of nitrogens with one attached hydrogen (secondary N) is 1. The lowest BCUT2D eigenvalue weighted by atomic mass is 10.1. The molecule has 3 aromatic rings. The van der Waals surface area contributed by atoms with Crippen molar-refractivity contribution in [1.29, 1.82) is 0 Å². The van der Waals surface area contributed by atoms with Gasteiger partial charge in [-0.2, -0.15) is 0 Å². The van der Waals surface area contributed by atoms with Gasteiger partial charge in [-0.3, -0.25) is 4.98 Å². The molecule has 0 saturated carbocycles. The first-order valence-corrected chi connectivity index (χ1v) is 9.22. The highest BCUT2D eigenvalue weighted by molar-refractivity contribution is 7.15. The minimum Gasteiger partial charge on any atom is -0.310 e. The second-order valence-electron chi connectivity index (χ2n) is 5.44. The standard InChI is InChI=1S/C18H17Cl2N3S/c1-12-3-2-4-16(23-12)17-10-22-18(24-17)11-21-8-7-13-5-6-14(19)9-15(13)20/h2-6,9-10,21H,7-8,11H2,1H3. The zero-order valence-corrected chi connectivity index (χ0v) is 15.5. The van der Waals surface area contributed by atoms with Crippen LogP contribution >= 0.6 is 34.5 Å². The van der Waals surface area contributed by atoms with E-state index in [1.165, 1.54) is 0 Å². The fourth-order valence-corrected chi connectivity index (χ4v) is 3.69. The second-order valence-corrected chi connectivity index (χ2v) is 7.40. The van der Waals surface area contributed by atoms with E-state index in [-0.39, 0.29) is 0 Å². The predicted octanol–water partition coefficient (Wildman–Crippen LogP) is 5.15. The van der Waals surface area contributed by atoms with Gasteiger partial charge in [0, 0.05) is 28.5 Å². The lowest BCUT2D eigenvalue weighted by Crippen LogP contribution is -2.16. The van der Waals surface area contributed by atoms with Crippen molar-refractivity contribution in [3.63, 3.8) is 0 Å². The van der Waals surface area contributed by atoms with Crippen LogP contribution in [0, 0.1) is 6.92 Å². The number of aromatic nitrogens is 2. The Morgan fingerprint density at radius 3 is 2.83 bits per heavy atom. The molecule has 0 aliphatic rings. The highest BCUT2D eigenvalue weighted by atomic mass is 35.5. The summed E-state index contributed by atoms with van der Waals surface area (Å²) < 4.78 is 0. The number of thiazole rings is 1. The van der Waals surface area contributed by atoms with Gasteiger partial charge in [0.1, 0.15) is 5.01 Å². The maximum atomic E-state index is 6.18. The van der Waals surface area contributed by atoms with E-state index in [9.17, 15) is 0 Å². The third-order valence-corrected chi connectivity index (χ3v) is 5.16. The second kappa shape index (κ2) is 8.08. The zero-order valence-electron chi connectivity index (χ0n) is 13.2. The van der Waals surface area contributed by atoms with Crippen LogP contribution in [-0.2, 0) is 13.0 Å². The van der Waals surface area contributed by atoms with Crippen molar-refractivity contribution in [1.82, 2.24) is 15.3 Å². The summed E-state index contributed by atoms with van der Waals surface area (Å²) in [5.41, 5.74) is 3.09. The van der Waals surface area contributed by atoms with Crippen LogP contribution in [0.3, 0.4) is 0 Å². The Bertz CT molecular complexity index is 833. The Kier molecular flexibility index (Phi) is 5.85. The molecule has 0 radical (unpaired) electrons. The van der Waals surface area contributed by atoms with E-state index in [0.717, 1.165) is 46.3 Å². The summed E-state index contributed by atoms with van der Waals surface area (Å²) in [6.07, 6.45) is 2.74. The highest BCUT2D eigenvalue weighted by Gasteiger charge is 2.06. The van der Waals surface area contributed by atoms with Crippen LogP contribution < -0.4 is 5.32 Å². The Balaban J connectivity index is 1.52. The molecular weight excluding hydrogens is 361 g/mol. The van der Waals surface area contributed by atoms with E-state index in [0.29, 0.717) is 10.0 Å². The van der Waals surface area contributed by atoms with Gasteiger partial charge >= 0.3 is 0 Å². The summed E-state index contributed by atoms with van der Waals surface area (Å²) >= 11 is 13.8. The monoisotopic (exact) mass is 377 g/mol. The molecule has 3 nitrogen and oxygen atoms in total. The summed E-state index contributed by atoms with van der Waals surface area (Å²) in [7, 11) is 0. The average Bonchev–Trinajstić information content (AvgIpc) is 3.02. The molecule has 0 saturated heterocycles. The minimum absolute atomic E-state index is 0.664. The van der Waals surface area contributed by atoms with Gasteiger partial charge in [0.15, 0.2) is 0 Å². The number of hydrogen-bond donors (Lipinski definition) is 1. The van der Waals surface area contributed by atoms with E-state index in [4.69, 9.17) is 23.2 Å². The van der Waals surface area contributed by atoms with Crippen LogP contribution in [0.25, 0.3) is 10.6 Å². The van der Waals surface area contributed by atoms with Gasteiger partial charge in [0.05, 0.1) is 10.6 Å². The van der Waals surface area contributed by atoms with Gasteiger partial charge in [-0.15, -0.1) is 11.3 Å². The molecule has 0 amide bonds. The summed E-state index contributed by atoms with van der Waals surface area (Å²) in [5, 5.41) is 5.83. The normalized spacial score (nSPS) is 11.0. The lowest BCUT2D eigenvalue weighted by molar-refractivity contribution is 0.684. The fraction of sp³-hybridized carbons (Fsp3) is 0.222. The quantitative estimate of drug-likeness (QED) is 0.603. The number of pyridine rings is 1. The Morgan fingerprint density at radius 2 is 2.04 bits per heavy atom. The average molecular weight is 378 g/mol. The number of nitrogens with zero attached hydrogens (tertiary/aromatic N) is 2. The first-order valence-electron chi connectivity index (χ1n) is 7.65. The molecule has 3 rings (SSSR count). The van der Waals surface area contributed by atoms with E-state index >= 15 is 0 Å². The van der Waals surface area contributed by atoms with Crippen molar-refractivity contribution in [2.45, 2.75) is 19.9 Å². The maximum Gasteiger partial charge on any atom is 0.107 e. The molecule has 124 valence electrons. The first kappa shape index (κ1) is 17.4. The summed E-state index contributed by atoms with van der Waals surface area (Å²) in [6, 6.07) is 11.6. The van der Waals surface area contributed by atoms with Crippen LogP contribution in [0.5, 0.6) is 0 Å². The van der Waals surface area contributed by atoms with Crippen LogP contribution in [0.2, 0.25) is 10.0 Å². The third kappa shape index (κ3) is 4.54. The molecule has 0 aliphatic carbocycles. The molecule has 24 heavy (non-hydrogen) atoms. The Labute approximate surface area is 155 Å². The topological polar surface area (TPSA) is 37.8 Å². The maximum absolute atomic E-state index is 6.18. The Hall–Kier alpha value is -1.46. The molecule has 0 fully saturated rings. The zero-order chi connectivity index (χ0) is 16.9. The fourth-order valence-electron chi connectivity index (χ4n) is 2.33. The van der Waals surface area contributed by atoms with Crippen LogP contribution in [0.4, 0.5) is 0 Å². The molecular formula is C18H17Cl2N3S. The van der Waals surface area contributed by atoms with Gasteiger partial charge in [-0.1, -0.05) is 35.3 Å². The Morgan fingerprint density at radius 1 is 1.17 bits per heavy atom. The van der Waals surface area contributed by atoms with E-state index in [2.05, 4.69) is 15.3 Å². The summed E-state index contributed by atoms with van der Waals surface area (Å²) in [6.45, 7) is 3.57. The smallest absolute Gasteiger partial charge is 0.107 e. The number of benzene rings is 1. The van der Waals surface area contributed by atoms with Crippen molar-refractivity contribution in [2.75, 3.05) is 6.54 Å². The van der Waals surface area contributed by atoms with Gasteiger partial charge < -0.3 is 5.32 Å². The minimum atomic E-state index is 0.664. The first-order chi connectivity index (χ1) is 11.6. The number of aryl methyl sites for hydroxylation is 1. The SMILES string of the molecule is Cc1cccc(-c2cnc(CNCCc3ccc(Cl)cc3Cl)s2)n1. The molecule has 2 aromatic heterocycles. The van der Waals surface area contributed by atoms with Crippen LogP contribution in [-0.4, -0.2) is 16.5 Å². The third-order valence-electron chi connectivity index (χ3n) is 3.56. The molecule has 0 spiro atoms. The van der Waals surface area contributed by atoms with Crippen molar-refractivity contribution in [2.24, 2.45) is 0 Å². The van der Waals surface area contributed by atoms with Gasteiger partial charge in [-0.25, -0.2) is 4.98 Å². The number of hydrogen-bond acceptors (Lipinski definition) is 4. The molecule has 2 heterocycles. The molecule has 1 N–H and O–H groups in total. The van der Waals surface area contributed by atoms with Gasteiger partial charge in [0.25, 0.3) is 0 Å². The molecule has 0 aliphatic heterocycles. The number of halogens is 2. The van der Waals surface area contributed by atoms with E-state index in [1.54, 1.807) is 17.4 Å². The molecule has 6 heteroatoms.